The van der Waals surface area contributed by atoms with Gasteiger partial charge >= 0.3 is 5.69 Å². The first-order valence-corrected chi connectivity index (χ1v) is 7.19. The molecule has 1 unspecified atom stereocenters. The van der Waals surface area contributed by atoms with Crippen molar-refractivity contribution >= 4 is 11.5 Å². The maximum atomic E-state index is 11.2. The predicted molar refractivity (Wildman–Crippen MR) is 79.1 cm³/mol. The van der Waals surface area contributed by atoms with Gasteiger partial charge in [0.2, 0.25) is 5.82 Å². The highest BCUT2D eigenvalue weighted by Gasteiger charge is 2.23. The van der Waals surface area contributed by atoms with Crippen LogP contribution in [0.25, 0.3) is 0 Å². The van der Waals surface area contributed by atoms with Gasteiger partial charge in [0.25, 0.3) is 0 Å². The van der Waals surface area contributed by atoms with E-state index in [9.17, 15) is 10.1 Å². The summed E-state index contributed by atoms with van der Waals surface area (Å²) in [4.78, 5) is 17.3. The van der Waals surface area contributed by atoms with Crippen LogP contribution in [0.1, 0.15) is 25.5 Å². The lowest BCUT2D eigenvalue weighted by Gasteiger charge is -2.30. The van der Waals surface area contributed by atoms with Gasteiger partial charge in [0.15, 0.2) is 0 Å². The maximum Gasteiger partial charge on any atom is 0.311 e. The van der Waals surface area contributed by atoms with Crippen molar-refractivity contribution in [3.63, 3.8) is 0 Å². The van der Waals surface area contributed by atoms with Crippen molar-refractivity contribution in [1.29, 1.82) is 0 Å². The number of pyridine rings is 1. The van der Waals surface area contributed by atoms with E-state index in [0.29, 0.717) is 11.7 Å². The summed E-state index contributed by atoms with van der Waals surface area (Å²) in [5, 5.41) is 14.6. The molecular formula is C14H22N4O2. The zero-order valence-electron chi connectivity index (χ0n) is 12.1. The Kier molecular flexibility index (Phi) is 4.89. The number of nitro groups is 1. The second-order valence-electron chi connectivity index (χ2n) is 5.30. The minimum atomic E-state index is -0.344. The largest absolute Gasteiger partial charge is 0.351 e. The Hall–Kier alpha value is -1.69. The first-order chi connectivity index (χ1) is 9.61. The molecule has 1 saturated heterocycles. The van der Waals surface area contributed by atoms with E-state index in [2.05, 4.69) is 10.3 Å². The molecule has 1 atom stereocenters. The molecule has 1 aliphatic rings. The number of aromatic nitrogens is 1. The minimum absolute atomic E-state index is 0.0984. The van der Waals surface area contributed by atoms with E-state index >= 15 is 0 Å². The third kappa shape index (κ3) is 3.45. The van der Waals surface area contributed by atoms with Gasteiger partial charge in [0.1, 0.15) is 0 Å². The van der Waals surface area contributed by atoms with Gasteiger partial charge in [-0.05, 0) is 51.8 Å². The average Bonchev–Trinajstić information content (AvgIpc) is 2.45. The van der Waals surface area contributed by atoms with Gasteiger partial charge in [-0.2, -0.15) is 0 Å². The fraction of sp³-hybridized carbons (Fsp3) is 0.643. The molecule has 110 valence electrons. The van der Waals surface area contributed by atoms with Crippen molar-refractivity contribution in [2.75, 3.05) is 31.1 Å². The molecule has 1 N–H and O–H groups in total. The van der Waals surface area contributed by atoms with Gasteiger partial charge in [-0.3, -0.25) is 10.1 Å². The molecule has 2 heterocycles. The van der Waals surface area contributed by atoms with Crippen LogP contribution in [0, 0.1) is 23.0 Å². The Bertz CT molecular complexity index is 472. The van der Waals surface area contributed by atoms with Gasteiger partial charge in [-0.1, -0.05) is 0 Å². The number of nitrogens with one attached hydrogen (secondary N) is 1. The fourth-order valence-electron chi connectivity index (χ4n) is 2.67. The van der Waals surface area contributed by atoms with Crippen molar-refractivity contribution in [2.24, 2.45) is 5.92 Å². The summed E-state index contributed by atoms with van der Waals surface area (Å²) in [5.74, 6) is 1.04. The van der Waals surface area contributed by atoms with E-state index in [1.807, 2.05) is 18.7 Å². The summed E-state index contributed by atoms with van der Waals surface area (Å²) in [6.45, 7) is 7.49. The quantitative estimate of drug-likeness (QED) is 0.660. The molecule has 0 aliphatic carbocycles. The van der Waals surface area contributed by atoms with Crippen LogP contribution in [0.3, 0.4) is 0 Å². The highest BCUT2D eigenvalue weighted by Crippen LogP contribution is 2.27. The molecule has 0 aromatic carbocycles. The molecule has 0 spiro atoms. The molecule has 6 heteroatoms. The Morgan fingerprint density at radius 2 is 2.35 bits per heavy atom. The number of piperidine rings is 1. The molecule has 0 radical (unpaired) electrons. The third-order valence-electron chi connectivity index (χ3n) is 3.75. The van der Waals surface area contributed by atoms with Crippen LogP contribution in [-0.2, 0) is 0 Å². The lowest BCUT2D eigenvalue weighted by Crippen LogP contribution is -2.38. The van der Waals surface area contributed by atoms with Crippen LogP contribution < -0.4 is 10.2 Å². The van der Waals surface area contributed by atoms with Gasteiger partial charge < -0.3 is 10.2 Å². The van der Waals surface area contributed by atoms with Crippen LogP contribution in [0.15, 0.2) is 12.1 Å². The molecule has 0 amide bonds. The van der Waals surface area contributed by atoms with E-state index in [0.717, 1.165) is 31.9 Å². The minimum Gasteiger partial charge on any atom is -0.351 e. The Morgan fingerprint density at radius 3 is 2.95 bits per heavy atom. The summed E-state index contributed by atoms with van der Waals surface area (Å²) in [6.07, 6.45) is 2.34. The third-order valence-corrected chi connectivity index (χ3v) is 3.75. The molecule has 1 aromatic rings. The van der Waals surface area contributed by atoms with E-state index < -0.39 is 0 Å². The van der Waals surface area contributed by atoms with Gasteiger partial charge in [0.05, 0.1) is 4.92 Å². The zero-order chi connectivity index (χ0) is 14.5. The summed E-state index contributed by atoms with van der Waals surface area (Å²) >= 11 is 0. The second kappa shape index (κ2) is 6.65. The Morgan fingerprint density at radius 1 is 1.55 bits per heavy atom. The van der Waals surface area contributed by atoms with Crippen LogP contribution in [-0.4, -0.2) is 36.1 Å². The number of hydrogen-bond donors (Lipinski definition) is 1. The van der Waals surface area contributed by atoms with Crippen LogP contribution in [0.4, 0.5) is 11.5 Å². The zero-order valence-corrected chi connectivity index (χ0v) is 12.1. The highest BCUT2D eigenvalue weighted by atomic mass is 16.6. The molecule has 0 bridgehead atoms. The SMILES string of the molecule is CCN(CC1CCCNC1)c1nc(C)ccc1[N+](=O)[O-]. The number of anilines is 1. The average molecular weight is 278 g/mol. The molecule has 0 saturated carbocycles. The number of hydrogen-bond acceptors (Lipinski definition) is 5. The summed E-state index contributed by atoms with van der Waals surface area (Å²) in [5.41, 5.74) is 0.909. The van der Waals surface area contributed by atoms with Crippen molar-refractivity contribution in [3.8, 4) is 0 Å². The van der Waals surface area contributed by atoms with E-state index in [1.54, 1.807) is 12.1 Å². The summed E-state index contributed by atoms with van der Waals surface area (Å²) < 4.78 is 0. The molecule has 6 nitrogen and oxygen atoms in total. The topological polar surface area (TPSA) is 71.3 Å². The Balaban J connectivity index is 2.21. The van der Waals surface area contributed by atoms with E-state index in [4.69, 9.17) is 0 Å². The molecule has 1 fully saturated rings. The maximum absolute atomic E-state index is 11.2. The van der Waals surface area contributed by atoms with Crippen LogP contribution in [0.2, 0.25) is 0 Å². The van der Waals surface area contributed by atoms with Crippen molar-refractivity contribution in [1.82, 2.24) is 10.3 Å². The van der Waals surface area contributed by atoms with Gasteiger partial charge in [-0.25, -0.2) is 4.98 Å². The fourth-order valence-corrected chi connectivity index (χ4v) is 2.67. The first kappa shape index (κ1) is 14.7. The predicted octanol–water partition coefficient (Wildman–Crippen LogP) is 2.12. The standard InChI is InChI=1S/C14H22N4O2/c1-3-17(10-12-5-4-8-15-9-12)14-13(18(19)20)7-6-11(2)16-14/h6-7,12,15H,3-5,8-10H2,1-2H3. The summed E-state index contributed by atoms with van der Waals surface area (Å²) in [7, 11) is 0. The smallest absolute Gasteiger partial charge is 0.311 e. The number of nitrogens with zero attached hydrogens (tertiary/aromatic N) is 3. The molecule has 2 rings (SSSR count). The Labute approximate surface area is 119 Å². The second-order valence-corrected chi connectivity index (χ2v) is 5.30. The van der Waals surface area contributed by atoms with Gasteiger partial charge in [0, 0.05) is 24.8 Å². The van der Waals surface area contributed by atoms with E-state index in [1.165, 1.54) is 12.8 Å². The lowest BCUT2D eigenvalue weighted by atomic mass is 9.99. The first-order valence-electron chi connectivity index (χ1n) is 7.19. The molecule has 1 aromatic heterocycles. The van der Waals surface area contributed by atoms with Crippen molar-refractivity contribution in [3.05, 3.63) is 27.9 Å². The van der Waals surface area contributed by atoms with E-state index in [-0.39, 0.29) is 10.6 Å². The molecule has 1 aliphatic heterocycles. The summed E-state index contributed by atoms with van der Waals surface area (Å²) in [6, 6.07) is 3.25. The molecular weight excluding hydrogens is 256 g/mol. The van der Waals surface area contributed by atoms with Crippen LogP contribution in [0.5, 0.6) is 0 Å². The molecule has 20 heavy (non-hydrogen) atoms. The van der Waals surface area contributed by atoms with Crippen LogP contribution >= 0.6 is 0 Å². The monoisotopic (exact) mass is 278 g/mol. The number of rotatable bonds is 5. The normalized spacial score (nSPS) is 18.8. The lowest BCUT2D eigenvalue weighted by molar-refractivity contribution is -0.384. The highest BCUT2D eigenvalue weighted by molar-refractivity contribution is 5.58. The van der Waals surface area contributed by atoms with Crippen molar-refractivity contribution in [2.45, 2.75) is 26.7 Å². The van der Waals surface area contributed by atoms with Crippen molar-refractivity contribution < 1.29 is 4.92 Å². The number of aryl methyl sites for hydroxylation is 1. The van der Waals surface area contributed by atoms with Gasteiger partial charge in [-0.15, -0.1) is 0 Å².